The Kier molecular flexibility index (Phi) is 59.4. The number of phosphoric acid groups is 2. The molecule has 0 spiro atoms. The summed E-state index contributed by atoms with van der Waals surface area (Å²) in [7, 11) is -9.90. The molecule has 0 bridgehead atoms. The molecule has 3 unspecified atom stereocenters. The fourth-order valence-electron chi connectivity index (χ4n) is 10.7. The van der Waals surface area contributed by atoms with E-state index < -0.39 is 97.5 Å². The van der Waals surface area contributed by atoms with Crippen LogP contribution in [0.1, 0.15) is 351 Å². The Hall–Kier alpha value is -1.94. The molecule has 0 fully saturated rings. The van der Waals surface area contributed by atoms with Gasteiger partial charge in [0.05, 0.1) is 26.4 Å². The molecular weight excluding hydrogens is 1190 g/mol. The topological polar surface area (TPSA) is 237 Å². The second kappa shape index (κ2) is 60.7. The van der Waals surface area contributed by atoms with Crippen LogP contribution in [0.15, 0.2) is 0 Å². The molecule has 0 saturated carbocycles. The van der Waals surface area contributed by atoms with Crippen LogP contribution < -0.4 is 0 Å². The molecule has 0 aliphatic rings. The van der Waals surface area contributed by atoms with Crippen molar-refractivity contribution in [2.75, 3.05) is 39.6 Å². The highest BCUT2D eigenvalue weighted by molar-refractivity contribution is 7.47. The number of hydrogen-bond acceptors (Lipinski definition) is 15. The van der Waals surface area contributed by atoms with Gasteiger partial charge in [-0.2, -0.15) is 0 Å². The molecule has 90 heavy (non-hydrogen) atoms. The van der Waals surface area contributed by atoms with Crippen LogP contribution in [-0.4, -0.2) is 96.7 Å². The molecule has 0 rings (SSSR count). The zero-order valence-corrected chi connectivity index (χ0v) is 60.6. The van der Waals surface area contributed by atoms with Crippen molar-refractivity contribution in [2.45, 2.75) is 369 Å². The minimum absolute atomic E-state index is 0.102. The highest BCUT2D eigenvalue weighted by Gasteiger charge is 2.30. The number of carbonyl (C=O) groups is 4. The quantitative estimate of drug-likeness (QED) is 0.0222. The first-order chi connectivity index (χ1) is 43.1. The van der Waals surface area contributed by atoms with Gasteiger partial charge < -0.3 is 33.8 Å². The molecule has 0 aromatic heterocycles. The average Bonchev–Trinajstić information content (AvgIpc) is 2.52. The summed E-state index contributed by atoms with van der Waals surface area (Å²) >= 11 is 0. The molecule has 0 heterocycles. The summed E-state index contributed by atoms with van der Waals surface area (Å²) in [5.74, 6) is 0.824. The highest BCUT2D eigenvalue weighted by atomic mass is 31.2. The van der Waals surface area contributed by atoms with Crippen LogP contribution in [0.2, 0.25) is 0 Å². The van der Waals surface area contributed by atoms with E-state index in [4.69, 9.17) is 37.0 Å². The van der Waals surface area contributed by atoms with Crippen molar-refractivity contribution in [1.82, 2.24) is 0 Å². The van der Waals surface area contributed by atoms with Gasteiger partial charge in [0.15, 0.2) is 12.2 Å². The number of ether oxygens (including phenoxy) is 4. The molecule has 0 aliphatic carbocycles. The second-order valence-corrected chi connectivity index (χ2v) is 30.4. The Labute approximate surface area is 549 Å². The van der Waals surface area contributed by atoms with E-state index in [9.17, 15) is 43.2 Å². The van der Waals surface area contributed by atoms with Gasteiger partial charge in [0, 0.05) is 25.7 Å². The third kappa shape index (κ3) is 64.8. The maximum atomic E-state index is 13.0. The number of carbonyl (C=O) groups excluding carboxylic acids is 4. The average molecular weight is 1330 g/mol. The van der Waals surface area contributed by atoms with Crippen LogP contribution in [0.5, 0.6) is 0 Å². The largest absolute Gasteiger partial charge is 0.472 e. The Bertz CT molecular complexity index is 1780. The van der Waals surface area contributed by atoms with Gasteiger partial charge in [-0.3, -0.25) is 37.3 Å². The van der Waals surface area contributed by atoms with E-state index in [0.29, 0.717) is 37.5 Å². The zero-order valence-electron chi connectivity index (χ0n) is 58.8. The van der Waals surface area contributed by atoms with Crippen LogP contribution in [0, 0.1) is 23.7 Å². The van der Waals surface area contributed by atoms with Crippen molar-refractivity contribution in [3.05, 3.63) is 0 Å². The SMILES string of the molecule is CC(C)CCCCCCCCCCCCCCCCC(=O)O[C@H](COC(=O)CCCCCCCCCCCCC(C)C)COP(=O)(O)OCC(O)COP(=O)(O)OC[C@@H](COC(=O)CCCCCCCCCC(C)C)OC(=O)CCCCCCCCCC(C)C. The van der Waals surface area contributed by atoms with E-state index in [1.165, 1.54) is 148 Å². The summed E-state index contributed by atoms with van der Waals surface area (Å²) in [4.78, 5) is 72.5. The molecule has 0 aromatic rings. The molecule has 0 amide bonds. The number of aliphatic hydroxyl groups is 1. The number of aliphatic hydroxyl groups excluding tert-OH is 1. The summed E-state index contributed by atoms with van der Waals surface area (Å²) in [6.07, 6.45) is 43.2. The Morgan fingerprint density at radius 3 is 0.689 bits per heavy atom. The fraction of sp³-hybridized carbons (Fsp3) is 0.944. The zero-order chi connectivity index (χ0) is 66.8. The lowest BCUT2D eigenvalue weighted by Crippen LogP contribution is -2.30. The number of rotatable bonds is 68. The maximum absolute atomic E-state index is 13.0. The van der Waals surface area contributed by atoms with Gasteiger partial charge >= 0.3 is 39.5 Å². The Morgan fingerprint density at radius 1 is 0.278 bits per heavy atom. The lowest BCUT2D eigenvalue weighted by Gasteiger charge is -2.21. The predicted octanol–water partition coefficient (Wildman–Crippen LogP) is 20.1. The van der Waals surface area contributed by atoms with E-state index in [1.54, 1.807) is 0 Å². The van der Waals surface area contributed by atoms with Crippen molar-refractivity contribution in [3.8, 4) is 0 Å². The molecular formula is C71H138O17P2. The molecule has 19 heteroatoms. The maximum Gasteiger partial charge on any atom is 0.472 e. The molecule has 0 saturated heterocycles. The Morgan fingerprint density at radius 2 is 0.467 bits per heavy atom. The second-order valence-electron chi connectivity index (χ2n) is 27.5. The predicted molar refractivity (Wildman–Crippen MR) is 363 cm³/mol. The van der Waals surface area contributed by atoms with E-state index in [0.717, 1.165) is 108 Å². The first-order valence-corrected chi connectivity index (χ1v) is 39.7. The highest BCUT2D eigenvalue weighted by Crippen LogP contribution is 2.45. The van der Waals surface area contributed by atoms with E-state index in [2.05, 4.69) is 55.4 Å². The van der Waals surface area contributed by atoms with Crippen molar-refractivity contribution in [1.29, 1.82) is 0 Å². The summed E-state index contributed by atoms with van der Waals surface area (Å²) in [6, 6.07) is 0. The summed E-state index contributed by atoms with van der Waals surface area (Å²) in [6.45, 7) is 14.1. The standard InChI is InChI=1S/C71H138O17P2/c1-61(2)47-39-31-23-17-13-11-9-10-12-14-20-28-37-45-53-70(75)87-66(57-81-68(73)51-43-35-27-19-16-15-18-24-32-40-48-62(3)4)59-85-89(77,78)83-55-65(72)56-84-90(79,80)86-60-67(88-71(76)54-46-38-30-22-26-34-42-50-64(7)8)58-82-69(74)52-44-36-29-21-25-33-41-49-63(5)6/h61-67,72H,9-60H2,1-8H3,(H,77,78)(H,79,80)/t65?,66-,67-/m1/s1. The molecule has 3 N–H and O–H groups in total. The van der Waals surface area contributed by atoms with Crippen LogP contribution in [0.4, 0.5) is 0 Å². The van der Waals surface area contributed by atoms with Gasteiger partial charge in [-0.05, 0) is 49.4 Å². The van der Waals surface area contributed by atoms with Gasteiger partial charge in [-0.15, -0.1) is 0 Å². The van der Waals surface area contributed by atoms with Crippen LogP contribution in [-0.2, 0) is 65.4 Å². The van der Waals surface area contributed by atoms with E-state index in [-0.39, 0.29) is 25.7 Å². The summed E-state index contributed by atoms with van der Waals surface area (Å²) in [5, 5.41) is 10.6. The molecule has 0 aliphatic heterocycles. The first-order valence-electron chi connectivity index (χ1n) is 36.7. The first kappa shape index (κ1) is 88.1. The van der Waals surface area contributed by atoms with Crippen molar-refractivity contribution in [2.24, 2.45) is 23.7 Å². The minimum atomic E-state index is -4.95. The van der Waals surface area contributed by atoms with E-state index >= 15 is 0 Å². The van der Waals surface area contributed by atoms with Gasteiger partial charge in [0.1, 0.15) is 19.3 Å². The molecule has 534 valence electrons. The lowest BCUT2D eigenvalue weighted by atomic mass is 10.0. The van der Waals surface area contributed by atoms with Gasteiger partial charge in [0.25, 0.3) is 0 Å². The third-order valence-electron chi connectivity index (χ3n) is 16.3. The smallest absolute Gasteiger partial charge is 0.462 e. The fourth-order valence-corrected chi connectivity index (χ4v) is 12.2. The Balaban J connectivity index is 5.24. The van der Waals surface area contributed by atoms with Crippen molar-refractivity contribution >= 4 is 39.5 Å². The molecule has 0 radical (unpaired) electrons. The molecule has 0 aromatic carbocycles. The lowest BCUT2D eigenvalue weighted by molar-refractivity contribution is -0.161. The third-order valence-corrected chi connectivity index (χ3v) is 18.2. The number of esters is 4. The number of hydrogen-bond donors (Lipinski definition) is 3. The molecule has 5 atom stereocenters. The monoisotopic (exact) mass is 1320 g/mol. The summed E-state index contributed by atoms with van der Waals surface area (Å²) in [5.41, 5.74) is 0. The van der Waals surface area contributed by atoms with Crippen molar-refractivity contribution < 1.29 is 80.2 Å². The number of phosphoric ester groups is 2. The normalized spacial score (nSPS) is 14.3. The number of unbranched alkanes of at least 4 members (excludes halogenated alkanes) is 34. The van der Waals surface area contributed by atoms with Gasteiger partial charge in [-0.1, -0.05) is 299 Å². The van der Waals surface area contributed by atoms with Crippen LogP contribution in [0.25, 0.3) is 0 Å². The van der Waals surface area contributed by atoms with Gasteiger partial charge in [-0.25, -0.2) is 9.13 Å². The van der Waals surface area contributed by atoms with E-state index in [1.807, 2.05) is 0 Å². The van der Waals surface area contributed by atoms with Crippen molar-refractivity contribution in [3.63, 3.8) is 0 Å². The van der Waals surface area contributed by atoms with Crippen LogP contribution >= 0.6 is 15.6 Å². The minimum Gasteiger partial charge on any atom is -0.462 e. The summed E-state index contributed by atoms with van der Waals surface area (Å²) < 4.78 is 68.3. The van der Waals surface area contributed by atoms with Crippen LogP contribution in [0.3, 0.4) is 0 Å². The van der Waals surface area contributed by atoms with Gasteiger partial charge in [0.2, 0.25) is 0 Å². The molecule has 17 nitrogen and oxygen atoms in total.